The molecule has 1 saturated heterocycles. The Kier molecular flexibility index (Phi) is 5.32. The number of benzene rings is 2. The number of hydrogen-bond donors (Lipinski definition) is 1. The predicted octanol–water partition coefficient (Wildman–Crippen LogP) is 2.25. The Hall–Kier alpha value is -2.74. The van der Waals surface area contributed by atoms with E-state index in [1.807, 2.05) is 18.2 Å². The summed E-state index contributed by atoms with van der Waals surface area (Å²) in [7, 11) is -1.80. The van der Waals surface area contributed by atoms with Crippen LogP contribution < -0.4 is 19.1 Å². The van der Waals surface area contributed by atoms with E-state index in [-0.39, 0.29) is 18.3 Å². The van der Waals surface area contributed by atoms with Crippen molar-refractivity contribution in [2.45, 2.75) is 6.42 Å². The molecule has 1 N–H and O–H groups in total. The number of ether oxygens (including phenoxy) is 2. The van der Waals surface area contributed by atoms with Gasteiger partial charge in [0.15, 0.2) is 6.61 Å². The number of carbonyl (C=O) groups is 1. The van der Waals surface area contributed by atoms with Gasteiger partial charge < -0.3 is 14.8 Å². The lowest BCUT2D eigenvalue weighted by Gasteiger charge is -2.19. The zero-order valence-electron chi connectivity index (χ0n) is 14.3. The van der Waals surface area contributed by atoms with Crippen LogP contribution in [0.3, 0.4) is 0 Å². The van der Waals surface area contributed by atoms with E-state index in [1.54, 1.807) is 30.3 Å². The maximum Gasteiger partial charge on any atom is 0.262 e. The van der Waals surface area contributed by atoms with Crippen LogP contribution in [0.25, 0.3) is 0 Å². The second kappa shape index (κ2) is 7.65. The Morgan fingerprint density at radius 2 is 1.96 bits per heavy atom. The highest BCUT2D eigenvalue weighted by molar-refractivity contribution is 7.93. The molecule has 0 radical (unpaired) electrons. The standard InChI is InChI=1S/C18H20N2O5S/c1-24-17-12-14(20-10-5-11-26(20,22)23)8-9-16(17)19-18(21)13-25-15-6-3-2-4-7-15/h2-4,6-9,12H,5,10-11,13H2,1H3,(H,19,21). The summed E-state index contributed by atoms with van der Waals surface area (Å²) in [4.78, 5) is 12.1. The van der Waals surface area contributed by atoms with Crippen molar-refractivity contribution >= 4 is 27.3 Å². The molecule has 3 rings (SSSR count). The van der Waals surface area contributed by atoms with Gasteiger partial charge in [-0.2, -0.15) is 0 Å². The fourth-order valence-corrected chi connectivity index (χ4v) is 4.28. The van der Waals surface area contributed by atoms with E-state index in [2.05, 4.69) is 5.32 Å². The topological polar surface area (TPSA) is 84.9 Å². The Morgan fingerprint density at radius 3 is 2.62 bits per heavy atom. The molecular weight excluding hydrogens is 356 g/mol. The van der Waals surface area contributed by atoms with Gasteiger partial charge in [-0.3, -0.25) is 9.10 Å². The van der Waals surface area contributed by atoms with Gasteiger partial charge in [-0.25, -0.2) is 8.42 Å². The van der Waals surface area contributed by atoms with Gasteiger partial charge in [-0.15, -0.1) is 0 Å². The zero-order valence-corrected chi connectivity index (χ0v) is 15.2. The van der Waals surface area contributed by atoms with Crippen LogP contribution in [-0.4, -0.2) is 40.3 Å². The van der Waals surface area contributed by atoms with Crippen LogP contribution in [0.15, 0.2) is 48.5 Å². The molecule has 1 aliphatic rings. The van der Waals surface area contributed by atoms with Crippen molar-refractivity contribution in [3.8, 4) is 11.5 Å². The van der Waals surface area contributed by atoms with Crippen molar-refractivity contribution in [3.63, 3.8) is 0 Å². The summed E-state index contributed by atoms with van der Waals surface area (Å²) in [6.45, 7) is 0.303. The normalized spacial score (nSPS) is 15.5. The molecule has 7 nitrogen and oxygen atoms in total. The maximum absolute atomic E-state index is 12.1. The van der Waals surface area contributed by atoms with Gasteiger partial charge >= 0.3 is 0 Å². The number of para-hydroxylation sites is 1. The minimum atomic E-state index is -3.27. The molecule has 0 aromatic heterocycles. The minimum absolute atomic E-state index is 0.143. The van der Waals surface area contributed by atoms with Crippen LogP contribution in [0.1, 0.15) is 6.42 Å². The van der Waals surface area contributed by atoms with Gasteiger partial charge in [0.05, 0.1) is 24.2 Å². The molecule has 1 aliphatic heterocycles. The van der Waals surface area contributed by atoms with Crippen molar-refractivity contribution in [2.75, 3.05) is 35.6 Å². The molecule has 0 saturated carbocycles. The summed E-state index contributed by atoms with van der Waals surface area (Å²) in [5.41, 5.74) is 0.979. The Bertz CT molecular complexity index is 884. The molecule has 0 atom stereocenters. The molecule has 1 amide bonds. The monoisotopic (exact) mass is 376 g/mol. The van der Waals surface area contributed by atoms with Crippen LogP contribution in [0.2, 0.25) is 0 Å². The molecule has 0 unspecified atom stereocenters. The van der Waals surface area contributed by atoms with Crippen LogP contribution in [-0.2, 0) is 14.8 Å². The summed E-state index contributed by atoms with van der Waals surface area (Å²) in [5.74, 6) is 0.792. The summed E-state index contributed by atoms with van der Waals surface area (Å²) in [5, 5.41) is 2.71. The van der Waals surface area contributed by atoms with Crippen LogP contribution in [0.5, 0.6) is 11.5 Å². The molecule has 0 aliphatic carbocycles. The summed E-state index contributed by atoms with van der Waals surface area (Å²) < 4.78 is 36.2. The van der Waals surface area contributed by atoms with E-state index < -0.39 is 10.0 Å². The number of hydrogen-bond acceptors (Lipinski definition) is 5. The van der Waals surface area contributed by atoms with E-state index in [4.69, 9.17) is 9.47 Å². The quantitative estimate of drug-likeness (QED) is 0.836. The molecule has 0 spiro atoms. The van der Waals surface area contributed by atoms with Crippen molar-refractivity contribution < 1.29 is 22.7 Å². The largest absolute Gasteiger partial charge is 0.494 e. The number of nitrogens with zero attached hydrogens (tertiary/aromatic N) is 1. The first-order valence-electron chi connectivity index (χ1n) is 8.16. The van der Waals surface area contributed by atoms with E-state index >= 15 is 0 Å². The summed E-state index contributed by atoms with van der Waals surface area (Å²) in [6, 6.07) is 13.9. The average Bonchev–Trinajstić information content (AvgIpc) is 3.00. The smallest absolute Gasteiger partial charge is 0.262 e. The molecule has 2 aromatic carbocycles. The fraction of sp³-hybridized carbons (Fsp3) is 0.278. The first-order valence-corrected chi connectivity index (χ1v) is 9.77. The van der Waals surface area contributed by atoms with E-state index in [1.165, 1.54) is 11.4 Å². The van der Waals surface area contributed by atoms with E-state index in [9.17, 15) is 13.2 Å². The first-order chi connectivity index (χ1) is 12.5. The number of nitrogens with one attached hydrogen (secondary N) is 1. The highest BCUT2D eigenvalue weighted by Gasteiger charge is 2.29. The number of anilines is 2. The minimum Gasteiger partial charge on any atom is -0.494 e. The van der Waals surface area contributed by atoms with Crippen molar-refractivity contribution in [1.82, 2.24) is 0 Å². The molecule has 8 heteroatoms. The van der Waals surface area contributed by atoms with Gasteiger partial charge in [0.2, 0.25) is 10.0 Å². The van der Waals surface area contributed by atoms with E-state index in [0.717, 1.165) is 0 Å². The highest BCUT2D eigenvalue weighted by atomic mass is 32.2. The number of methoxy groups -OCH3 is 1. The molecule has 138 valence electrons. The van der Waals surface area contributed by atoms with Gasteiger partial charge in [0.1, 0.15) is 11.5 Å². The molecule has 2 aromatic rings. The highest BCUT2D eigenvalue weighted by Crippen LogP contribution is 2.32. The van der Waals surface area contributed by atoms with Gasteiger partial charge in [-0.05, 0) is 30.7 Å². The number of sulfonamides is 1. The maximum atomic E-state index is 12.1. The molecule has 0 bridgehead atoms. The Balaban J connectivity index is 1.69. The molecule has 1 fully saturated rings. The van der Waals surface area contributed by atoms with Crippen LogP contribution in [0, 0.1) is 0 Å². The second-order valence-electron chi connectivity index (χ2n) is 5.78. The van der Waals surface area contributed by atoms with Gasteiger partial charge in [-0.1, -0.05) is 18.2 Å². The number of rotatable bonds is 6. The summed E-state index contributed by atoms with van der Waals surface area (Å²) in [6.07, 6.45) is 0.597. The van der Waals surface area contributed by atoms with Crippen LogP contribution in [0.4, 0.5) is 11.4 Å². The van der Waals surface area contributed by atoms with Gasteiger partial charge in [0, 0.05) is 12.6 Å². The predicted molar refractivity (Wildman–Crippen MR) is 99.3 cm³/mol. The lowest BCUT2D eigenvalue weighted by Crippen LogP contribution is -2.25. The third kappa shape index (κ3) is 4.08. The molecule has 1 heterocycles. The van der Waals surface area contributed by atoms with Crippen molar-refractivity contribution in [3.05, 3.63) is 48.5 Å². The lowest BCUT2D eigenvalue weighted by atomic mass is 10.2. The van der Waals surface area contributed by atoms with E-state index in [0.29, 0.717) is 35.8 Å². The molecular formula is C18H20N2O5S. The van der Waals surface area contributed by atoms with Crippen LogP contribution >= 0.6 is 0 Å². The van der Waals surface area contributed by atoms with Crippen molar-refractivity contribution in [2.24, 2.45) is 0 Å². The molecule has 26 heavy (non-hydrogen) atoms. The first kappa shape index (κ1) is 18.1. The average molecular weight is 376 g/mol. The SMILES string of the molecule is COc1cc(N2CCCS2(=O)=O)ccc1NC(=O)COc1ccccc1. The van der Waals surface area contributed by atoms with Gasteiger partial charge in [0.25, 0.3) is 5.91 Å². The lowest BCUT2D eigenvalue weighted by molar-refractivity contribution is -0.118. The third-order valence-corrected chi connectivity index (χ3v) is 5.83. The number of carbonyl (C=O) groups excluding carboxylic acids is 1. The third-order valence-electron chi connectivity index (χ3n) is 3.96. The second-order valence-corrected chi connectivity index (χ2v) is 7.79. The Labute approximate surface area is 152 Å². The number of amides is 1. The zero-order chi connectivity index (χ0) is 18.6. The van der Waals surface area contributed by atoms with Crippen molar-refractivity contribution in [1.29, 1.82) is 0 Å². The summed E-state index contributed by atoms with van der Waals surface area (Å²) >= 11 is 0. The Morgan fingerprint density at radius 1 is 1.19 bits per heavy atom. The fourth-order valence-electron chi connectivity index (χ4n) is 2.72.